The zero-order valence-electron chi connectivity index (χ0n) is 18.7. The molecule has 3 N–H and O–H groups in total. The number of benzene rings is 1. The first-order valence-corrected chi connectivity index (χ1v) is 11.1. The van der Waals surface area contributed by atoms with Crippen molar-refractivity contribution in [3.63, 3.8) is 0 Å². The Hall–Kier alpha value is -4.33. The monoisotopic (exact) mass is 518 g/mol. The molecule has 0 unspecified atom stereocenters. The number of hydrogen-bond acceptors (Lipinski definition) is 7. The molecule has 3 heterocycles. The highest BCUT2D eigenvalue weighted by Crippen LogP contribution is 2.43. The molecule has 0 atom stereocenters. The van der Waals surface area contributed by atoms with Gasteiger partial charge in [-0.05, 0) is 36.0 Å². The number of anilines is 1. The molecule has 4 rings (SSSR count). The van der Waals surface area contributed by atoms with Crippen molar-refractivity contribution >= 4 is 44.9 Å². The number of aromatic nitrogens is 3. The molecular formula is C22H17F3N6O4S. The number of halogens is 3. The van der Waals surface area contributed by atoms with Gasteiger partial charge < -0.3 is 21.2 Å². The normalized spacial score (nSPS) is 11.6. The topological polar surface area (TPSA) is 146 Å². The number of nitrogens with zero attached hydrogens (tertiary/aromatic N) is 4. The Morgan fingerprint density at radius 1 is 1.19 bits per heavy atom. The minimum atomic E-state index is -4.76. The molecule has 0 spiro atoms. The van der Waals surface area contributed by atoms with E-state index in [2.05, 4.69) is 15.4 Å². The summed E-state index contributed by atoms with van der Waals surface area (Å²) in [5, 5.41) is 17.3. The maximum atomic E-state index is 13.6. The average Bonchev–Trinajstić information content (AvgIpc) is 3.34. The fraction of sp³-hybridized carbons (Fsp3) is 0.182. The van der Waals surface area contributed by atoms with E-state index in [0.29, 0.717) is 22.6 Å². The van der Waals surface area contributed by atoms with Crippen LogP contribution >= 0.6 is 11.3 Å². The molecule has 0 saturated heterocycles. The van der Waals surface area contributed by atoms with Gasteiger partial charge in [0.1, 0.15) is 21.9 Å². The number of nitrogens with two attached hydrogens (primary N) is 1. The Bertz CT molecular complexity index is 1530. The van der Waals surface area contributed by atoms with Crippen molar-refractivity contribution in [1.82, 2.24) is 14.8 Å². The van der Waals surface area contributed by atoms with E-state index in [-0.39, 0.29) is 26.3 Å². The lowest BCUT2D eigenvalue weighted by atomic mass is 10.00. The maximum Gasteiger partial charge on any atom is 0.433 e. The standard InChI is InChI=1S/C22H17F3N6O4S/c1-10-3-5-12(6-4-10)13-8-14(22(23,24)25)27-21-17(13)18(19(36-21)20(26)33)28-16(32)9-30-11(2)7-15(29-30)31(34)35/h3-8H,9H2,1-2H3,(H2,26,33)(H,28,32). The first-order valence-electron chi connectivity index (χ1n) is 10.3. The van der Waals surface area contributed by atoms with E-state index in [9.17, 15) is 32.9 Å². The Morgan fingerprint density at radius 2 is 1.86 bits per heavy atom. The third-order valence-corrected chi connectivity index (χ3v) is 6.35. The van der Waals surface area contributed by atoms with Crippen LogP contribution in [0.15, 0.2) is 36.4 Å². The second-order valence-corrected chi connectivity index (χ2v) is 8.88. The zero-order valence-corrected chi connectivity index (χ0v) is 19.5. The van der Waals surface area contributed by atoms with Crippen LogP contribution < -0.4 is 11.1 Å². The van der Waals surface area contributed by atoms with Crippen LogP contribution in [-0.2, 0) is 17.5 Å². The smallest absolute Gasteiger partial charge is 0.365 e. The quantitative estimate of drug-likeness (QED) is 0.285. The van der Waals surface area contributed by atoms with Crippen molar-refractivity contribution in [3.05, 3.63) is 68.3 Å². The Labute approximate surface area is 204 Å². The summed E-state index contributed by atoms with van der Waals surface area (Å²) in [7, 11) is 0. The van der Waals surface area contributed by atoms with Gasteiger partial charge in [-0.1, -0.05) is 29.8 Å². The van der Waals surface area contributed by atoms with E-state index < -0.39 is 41.0 Å². The number of nitro groups is 1. The van der Waals surface area contributed by atoms with Crippen molar-refractivity contribution in [2.75, 3.05) is 5.32 Å². The minimum Gasteiger partial charge on any atom is -0.365 e. The van der Waals surface area contributed by atoms with Crippen molar-refractivity contribution in [2.24, 2.45) is 5.73 Å². The molecule has 0 bridgehead atoms. The van der Waals surface area contributed by atoms with E-state index in [1.54, 1.807) is 24.3 Å². The van der Waals surface area contributed by atoms with Crippen LogP contribution in [-0.4, -0.2) is 31.5 Å². The van der Waals surface area contributed by atoms with Crippen LogP contribution in [0.25, 0.3) is 21.3 Å². The van der Waals surface area contributed by atoms with E-state index in [4.69, 9.17) is 5.73 Å². The number of hydrogen-bond donors (Lipinski definition) is 2. The molecular weight excluding hydrogens is 501 g/mol. The van der Waals surface area contributed by atoms with Crippen LogP contribution in [0, 0.1) is 24.0 Å². The third kappa shape index (κ3) is 4.75. The van der Waals surface area contributed by atoms with E-state index >= 15 is 0 Å². The molecule has 10 nitrogen and oxygen atoms in total. The number of rotatable bonds is 6. The summed E-state index contributed by atoms with van der Waals surface area (Å²) < 4.78 is 41.9. The molecule has 0 radical (unpaired) electrons. The molecule has 1 aromatic carbocycles. The van der Waals surface area contributed by atoms with Gasteiger partial charge in [0.15, 0.2) is 0 Å². The summed E-state index contributed by atoms with van der Waals surface area (Å²) >= 11 is 0.622. The highest BCUT2D eigenvalue weighted by molar-refractivity contribution is 7.21. The van der Waals surface area contributed by atoms with Crippen molar-refractivity contribution < 1.29 is 27.7 Å². The summed E-state index contributed by atoms with van der Waals surface area (Å²) in [5.41, 5.74) is 5.92. The lowest BCUT2D eigenvalue weighted by Gasteiger charge is -2.12. The Kier molecular flexibility index (Phi) is 6.22. The van der Waals surface area contributed by atoms with E-state index in [1.165, 1.54) is 13.0 Å². The Morgan fingerprint density at radius 3 is 2.42 bits per heavy atom. The summed E-state index contributed by atoms with van der Waals surface area (Å²) in [6.07, 6.45) is -4.76. The molecule has 0 saturated carbocycles. The fourth-order valence-electron chi connectivity index (χ4n) is 3.55. The largest absolute Gasteiger partial charge is 0.433 e. The molecule has 0 aliphatic heterocycles. The first-order chi connectivity index (χ1) is 16.8. The third-order valence-electron chi connectivity index (χ3n) is 5.25. The molecule has 3 aromatic heterocycles. The minimum absolute atomic E-state index is 0.0939. The SMILES string of the molecule is Cc1ccc(-c2cc(C(F)(F)F)nc3sc(C(N)=O)c(NC(=O)Cn4nc([N+](=O)[O-])cc4C)c23)cc1. The zero-order chi connectivity index (χ0) is 26.4. The van der Waals surface area contributed by atoms with Gasteiger partial charge in [0, 0.05) is 5.39 Å². The van der Waals surface area contributed by atoms with Gasteiger partial charge in [0.25, 0.3) is 5.91 Å². The van der Waals surface area contributed by atoms with Crippen LogP contribution in [0.4, 0.5) is 24.7 Å². The first kappa shape index (κ1) is 24.8. The van der Waals surface area contributed by atoms with Gasteiger partial charge >= 0.3 is 12.0 Å². The molecule has 14 heteroatoms. The number of aryl methyl sites for hydroxylation is 2. The van der Waals surface area contributed by atoms with Crippen molar-refractivity contribution in [3.8, 4) is 11.1 Å². The highest BCUT2D eigenvalue weighted by atomic mass is 32.1. The van der Waals surface area contributed by atoms with Crippen LogP contribution in [0.5, 0.6) is 0 Å². The van der Waals surface area contributed by atoms with Crippen molar-refractivity contribution in [2.45, 2.75) is 26.6 Å². The van der Waals surface area contributed by atoms with Gasteiger partial charge in [-0.3, -0.25) is 9.59 Å². The van der Waals surface area contributed by atoms with Gasteiger partial charge in [-0.2, -0.15) is 17.9 Å². The number of fused-ring (bicyclic) bond motifs is 1. The van der Waals surface area contributed by atoms with Crippen molar-refractivity contribution in [1.29, 1.82) is 0 Å². The van der Waals surface area contributed by atoms with E-state index in [1.807, 2.05) is 6.92 Å². The molecule has 2 amide bonds. The number of amides is 2. The molecule has 0 aliphatic carbocycles. The van der Waals surface area contributed by atoms with Gasteiger partial charge in [0.05, 0.1) is 22.5 Å². The lowest BCUT2D eigenvalue weighted by Crippen LogP contribution is -2.22. The maximum absolute atomic E-state index is 13.6. The van der Waals surface area contributed by atoms with Gasteiger partial charge in [0.2, 0.25) is 5.91 Å². The molecule has 4 aromatic rings. The molecule has 0 fully saturated rings. The second kappa shape index (κ2) is 9.03. The number of carbonyl (C=O) groups is 2. The summed E-state index contributed by atoms with van der Waals surface area (Å²) in [6, 6.07) is 8.68. The van der Waals surface area contributed by atoms with Gasteiger partial charge in [-0.25, -0.2) is 4.98 Å². The number of nitrogens with one attached hydrogen (secondary N) is 1. The molecule has 36 heavy (non-hydrogen) atoms. The predicted octanol–water partition coefficient (Wildman–Crippen LogP) is 4.44. The number of primary amides is 1. The number of alkyl halides is 3. The second-order valence-electron chi connectivity index (χ2n) is 7.88. The number of pyridine rings is 1. The fourth-order valence-corrected chi connectivity index (χ4v) is 4.56. The average molecular weight is 518 g/mol. The van der Waals surface area contributed by atoms with E-state index in [0.717, 1.165) is 16.3 Å². The Balaban J connectivity index is 1.86. The number of carbonyl (C=O) groups excluding carboxylic acids is 2. The summed E-state index contributed by atoms with van der Waals surface area (Å²) in [4.78, 5) is 38.6. The summed E-state index contributed by atoms with van der Waals surface area (Å²) in [5.74, 6) is -2.15. The van der Waals surface area contributed by atoms with Gasteiger partial charge in [-0.15, -0.1) is 11.3 Å². The number of thiophene rings is 1. The predicted molar refractivity (Wildman–Crippen MR) is 126 cm³/mol. The van der Waals surface area contributed by atoms with Crippen LogP contribution in [0.3, 0.4) is 0 Å². The van der Waals surface area contributed by atoms with Crippen LogP contribution in [0.1, 0.15) is 26.6 Å². The van der Waals surface area contributed by atoms with Crippen LogP contribution in [0.2, 0.25) is 0 Å². The molecule has 0 aliphatic rings. The molecule has 186 valence electrons. The lowest BCUT2D eigenvalue weighted by molar-refractivity contribution is -0.389. The highest BCUT2D eigenvalue weighted by Gasteiger charge is 2.35. The summed E-state index contributed by atoms with van der Waals surface area (Å²) in [6.45, 7) is 2.87.